The molecule has 1 aliphatic rings. The number of fused-ring (bicyclic) bond motifs is 1. The summed E-state index contributed by atoms with van der Waals surface area (Å²) in [4.78, 5) is 28.6. The third-order valence-electron chi connectivity index (χ3n) is 4.82. The smallest absolute Gasteiger partial charge is 0.240 e. The van der Waals surface area contributed by atoms with E-state index in [2.05, 4.69) is 21.7 Å². The van der Waals surface area contributed by atoms with Crippen LogP contribution in [0.25, 0.3) is 22.4 Å². The maximum atomic E-state index is 12.2. The van der Waals surface area contributed by atoms with Gasteiger partial charge in [0.1, 0.15) is 10.5 Å². The summed E-state index contributed by atoms with van der Waals surface area (Å²) in [6, 6.07) is 18.2. The van der Waals surface area contributed by atoms with Gasteiger partial charge in [-0.05, 0) is 36.1 Å². The molecule has 3 aromatic rings. The van der Waals surface area contributed by atoms with Crippen molar-refractivity contribution >= 4 is 45.5 Å². The molecule has 0 bridgehead atoms. The lowest BCUT2D eigenvalue weighted by atomic mass is 10.1. The van der Waals surface area contributed by atoms with Crippen LogP contribution in [0.4, 0.5) is 0 Å². The van der Waals surface area contributed by atoms with Crippen molar-refractivity contribution in [2.75, 3.05) is 6.54 Å². The third-order valence-corrected chi connectivity index (χ3v) is 5.86. The molecule has 2 amide bonds. The van der Waals surface area contributed by atoms with E-state index in [-0.39, 0.29) is 24.8 Å². The number of nitrogens with zero attached hydrogens (tertiary/aromatic N) is 2. The van der Waals surface area contributed by atoms with Gasteiger partial charge >= 0.3 is 0 Å². The Kier molecular flexibility index (Phi) is 5.59. The summed E-state index contributed by atoms with van der Waals surface area (Å²) in [6.45, 7) is -0.137. The van der Waals surface area contributed by atoms with Gasteiger partial charge in [0.15, 0.2) is 0 Å². The number of aromatic nitrogens is 1. The Hall–Kier alpha value is -3.50. The number of benzene rings is 2. The molecule has 150 valence electrons. The van der Waals surface area contributed by atoms with Crippen LogP contribution < -0.4 is 10.6 Å². The molecule has 0 aliphatic heterocycles. The predicted molar refractivity (Wildman–Crippen MR) is 117 cm³/mol. The number of amides is 2. The minimum absolute atomic E-state index is 0.116. The first-order valence-electron chi connectivity index (χ1n) is 9.67. The first kappa shape index (κ1) is 19.8. The molecule has 6 nitrogen and oxygen atoms in total. The quantitative estimate of drug-likeness (QED) is 0.578. The monoisotopic (exact) mass is 416 g/mol. The van der Waals surface area contributed by atoms with Gasteiger partial charge in [-0.15, -0.1) is 11.3 Å². The highest BCUT2D eigenvalue weighted by molar-refractivity contribution is 7.18. The summed E-state index contributed by atoms with van der Waals surface area (Å²) in [5.74, 6) is -0.614. The topological polar surface area (TPSA) is 94.9 Å². The predicted octanol–water partition coefficient (Wildman–Crippen LogP) is 3.30. The van der Waals surface area contributed by atoms with Crippen LogP contribution in [0.5, 0.6) is 0 Å². The van der Waals surface area contributed by atoms with Crippen LogP contribution in [0, 0.1) is 11.3 Å². The van der Waals surface area contributed by atoms with Gasteiger partial charge in [-0.25, -0.2) is 4.98 Å². The van der Waals surface area contributed by atoms with E-state index in [9.17, 15) is 9.59 Å². The minimum atomic E-state index is -0.721. The zero-order valence-electron chi connectivity index (χ0n) is 16.2. The number of nitriles is 1. The van der Waals surface area contributed by atoms with Crippen molar-refractivity contribution in [3.63, 3.8) is 0 Å². The Morgan fingerprint density at radius 2 is 1.87 bits per heavy atom. The number of rotatable bonds is 7. The largest absolute Gasteiger partial charge is 0.347 e. The maximum absolute atomic E-state index is 12.2. The Morgan fingerprint density at radius 3 is 2.60 bits per heavy atom. The molecule has 1 fully saturated rings. The van der Waals surface area contributed by atoms with Gasteiger partial charge in [-0.2, -0.15) is 5.26 Å². The molecule has 2 aromatic carbocycles. The molecule has 7 heteroatoms. The van der Waals surface area contributed by atoms with Crippen LogP contribution in [0.2, 0.25) is 0 Å². The highest BCUT2D eigenvalue weighted by atomic mass is 32.1. The minimum Gasteiger partial charge on any atom is -0.347 e. The molecular formula is C23H20N4O2S. The summed E-state index contributed by atoms with van der Waals surface area (Å²) >= 11 is 1.47. The second kappa shape index (κ2) is 8.47. The number of nitrogens with one attached hydrogen (secondary N) is 2. The van der Waals surface area contributed by atoms with Crippen molar-refractivity contribution in [3.05, 3.63) is 64.7 Å². The van der Waals surface area contributed by atoms with E-state index in [0.29, 0.717) is 17.8 Å². The molecule has 0 radical (unpaired) electrons. The molecular weight excluding hydrogens is 396 g/mol. The summed E-state index contributed by atoms with van der Waals surface area (Å²) < 4.78 is 1.01. The highest BCUT2D eigenvalue weighted by Gasteiger charge is 2.44. The number of thiazole rings is 1. The molecule has 4 rings (SSSR count). The average molecular weight is 417 g/mol. The molecule has 0 atom stereocenters. The zero-order valence-corrected chi connectivity index (χ0v) is 17.0. The third kappa shape index (κ3) is 4.91. The normalized spacial score (nSPS) is 14.4. The first-order chi connectivity index (χ1) is 14.5. The molecule has 0 saturated heterocycles. The lowest BCUT2D eigenvalue weighted by Gasteiger charge is -2.09. The van der Waals surface area contributed by atoms with Crippen molar-refractivity contribution in [3.8, 4) is 6.07 Å². The molecule has 1 aromatic heterocycles. The summed E-state index contributed by atoms with van der Waals surface area (Å²) in [5, 5.41) is 14.9. The fourth-order valence-electron chi connectivity index (χ4n) is 3.01. The summed E-state index contributed by atoms with van der Waals surface area (Å²) in [7, 11) is 0. The fraction of sp³-hybridized carbons (Fsp3) is 0.217. The SMILES string of the molecule is N#CC1(NC(=O)CNC(=O)Cc2nc3cc(/C=C/c4ccccc4)ccc3s2)CC1. The number of hydrogen-bond donors (Lipinski definition) is 2. The molecule has 1 heterocycles. The molecule has 30 heavy (non-hydrogen) atoms. The summed E-state index contributed by atoms with van der Waals surface area (Å²) in [5.41, 5.74) is 2.29. The van der Waals surface area contributed by atoms with E-state index in [0.717, 1.165) is 21.3 Å². The Balaban J connectivity index is 1.34. The van der Waals surface area contributed by atoms with Crippen molar-refractivity contribution in [1.29, 1.82) is 5.26 Å². The fourth-order valence-corrected chi connectivity index (χ4v) is 3.95. The molecule has 1 aliphatic carbocycles. The van der Waals surface area contributed by atoms with Crippen LogP contribution in [-0.4, -0.2) is 28.9 Å². The number of carbonyl (C=O) groups excluding carboxylic acids is 2. The summed E-state index contributed by atoms with van der Waals surface area (Å²) in [6.07, 6.45) is 5.53. The van der Waals surface area contributed by atoms with E-state index in [1.807, 2.05) is 60.7 Å². The van der Waals surface area contributed by atoms with Gasteiger partial charge in [0.2, 0.25) is 11.8 Å². The van der Waals surface area contributed by atoms with Gasteiger partial charge in [-0.1, -0.05) is 48.6 Å². The van der Waals surface area contributed by atoms with Gasteiger partial charge in [0, 0.05) is 0 Å². The van der Waals surface area contributed by atoms with Crippen molar-refractivity contribution in [1.82, 2.24) is 15.6 Å². The van der Waals surface area contributed by atoms with Crippen LogP contribution >= 0.6 is 11.3 Å². The lowest BCUT2D eigenvalue weighted by Crippen LogP contribution is -2.43. The standard InChI is InChI=1S/C23H20N4O2S/c24-15-23(10-11-23)27-21(29)14-25-20(28)13-22-26-18-12-17(8-9-19(18)30-22)7-6-16-4-2-1-3-5-16/h1-9,12H,10-11,13-14H2,(H,25,28)(H,27,29)/b7-6+. The molecule has 0 unspecified atom stereocenters. The van der Waals surface area contributed by atoms with Crippen LogP contribution in [-0.2, 0) is 16.0 Å². The number of carbonyl (C=O) groups is 2. The van der Waals surface area contributed by atoms with Crippen molar-refractivity contribution in [2.45, 2.75) is 24.8 Å². The van der Waals surface area contributed by atoms with Gasteiger partial charge in [0.05, 0.1) is 29.3 Å². The van der Waals surface area contributed by atoms with Crippen LogP contribution in [0.3, 0.4) is 0 Å². The Labute approximate surface area is 178 Å². The molecule has 0 spiro atoms. The van der Waals surface area contributed by atoms with E-state index < -0.39 is 5.54 Å². The van der Waals surface area contributed by atoms with E-state index in [4.69, 9.17) is 5.26 Å². The highest BCUT2D eigenvalue weighted by Crippen LogP contribution is 2.34. The number of hydrogen-bond acceptors (Lipinski definition) is 5. The first-order valence-corrected chi connectivity index (χ1v) is 10.5. The van der Waals surface area contributed by atoms with Gasteiger partial charge in [-0.3, -0.25) is 9.59 Å². The molecule has 1 saturated carbocycles. The van der Waals surface area contributed by atoms with E-state index in [1.165, 1.54) is 11.3 Å². The Morgan fingerprint density at radius 1 is 1.10 bits per heavy atom. The maximum Gasteiger partial charge on any atom is 0.240 e. The van der Waals surface area contributed by atoms with Crippen molar-refractivity contribution < 1.29 is 9.59 Å². The lowest BCUT2D eigenvalue weighted by molar-refractivity contribution is -0.126. The van der Waals surface area contributed by atoms with Crippen LogP contribution in [0.1, 0.15) is 29.0 Å². The Bertz CT molecular complexity index is 1160. The van der Waals surface area contributed by atoms with E-state index in [1.54, 1.807) is 0 Å². The second-order valence-electron chi connectivity index (χ2n) is 7.27. The van der Waals surface area contributed by atoms with Crippen molar-refractivity contribution in [2.24, 2.45) is 0 Å². The molecule has 2 N–H and O–H groups in total. The second-order valence-corrected chi connectivity index (χ2v) is 8.39. The van der Waals surface area contributed by atoms with Crippen LogP contribution in [0.15, 0.2) is 48.5 Å². The zero-order chi connectivity index (χ0) is 21.0. The van der Waals surface area contributed by atoms with Gasteiger partial charge < -0.3 is 10.6 Å². The average Bonchev–Trinajstić information content (AvgIpc) is 3.41. The van der Waals surface area contributed by atoms with E-state index >= 15 is 0 Å². The van der Waals surface area contributed by atoms with Gasteiger partial charge in [0.25, 0.3) is 0 Å².